The van der Waals surface area contributed by atoms with E-state index < -0.39 is 0 Å². The molecule has 3 rings (SSSR count). The van der Waals surface area contributed by atoms with E-state index in [0.29, 0.717) is 5.92 Å². The van der Waals surface area contributed by atoms with E-state index in [1.165, 1.54) is 23.3 Å². The first kappa shape index (κ1) is 12.8. The molecule has 0 radical (unpaired) electrons. The largest absolute Gasteiger partial charge is 0.314 e. The molecule has 2 aromatic rings. The van der Waals surface area contributed by atoms with Crippen molar-refractivity contribution < 1.29 is 0 Å². The number of hydrogen-bond acceptors (Lipinski definition) is 3. The van der Waals surface area contributed by atoms with Crippen LogP contribution < -0.4 is 5.32 Å². The normalized spacial score (nSPS) is 16.4. The minimum absolute atomic E-state index is 0.670. The maximum Gasteiger partial charge on any atom is 0.0794 e. The van der Waals surface area contributed by atoms with Crippen molar-refractivity contribution in [3.8, 4) is 0 Å². The van der Waals surface area contributed by atoms with Crippen LogP contribution in [0.2, 0.25) is 0 Å². The Morgan fingerprint density at radius 1 is 1.21 bits per heavy atom. The predicted molar refractivity (Wildman–Crippen MR) is 80.5 cm³/mol. The summed E-state index contributed by atoms with van der Waals surface area (Å²) in [5, 5.41) is 3.67. The first-order valence-electron chi connectivity index (χ1n) is 7.05. The van der Waals surface area contributed by atoms with Crippen molar-refractivity contribution in [2.24, 2.45) is 5.92 Å². The zero-order chi connectivity index (χ0) is 12.9. The minimum Gasteiger partial charge on any atom is -0.314 e. The Bertz CT molecular complexity index is 477. The molecule has 1 aliphatic rings. The van der Waals surface area contributed by atoms with Gasteiger partial charge >= 0.3 is 0 Å². The zero-order valence-corrected chi connectivity index (χ0v) is 11.9. The lowest BCUT2D eigenvalue weighted by atomic mass is 9.95. The van der Waals surface area contributed by atoms with Crippen LogP contribution in [-0.4, -0.2) is 17.6 Å². The summed E-state index contributed by atoms with van der Waals surface area (Å²) in [6, 6.07) is 11.6. The molecule has 0 spiro atoms. The van der Waals surface area contributed by atoms with Gasteiger partial charge in [0.05, 0.1) is 5.51 Å². The average molecular weight is 272 g/mol. The van der Waals surface area contributed by atoms with Gasteiger partial charge in [0.1, 0.15) is 0 Å². The van der Waals surface area contributed by atoms with Gasteiger partial charge in [0.15, 0.2) is 0 Å². The Labute approximate surface area is 118 Å². The van der Waals surface area contributed by atoms with Gasteiger partial charge in [0.2, 0.25) is 0 Å². The molecule has 2 nitrogen and oxygen atoms in total. The van der Waals surface area contributed by atoms with Gasteiger partial charge in [-0.25, -0.2) is 0 Å². The highest BCUT2D eigenvalue weighted by molar-refractivity contribution is 7.09. The summed E-state index contributed by atoms with van der Waals surface area (Å²) < 4.78 is 0. The third-order valence-electron chi connectivity index (χ3n) is 3.61. The molecule has 19 heavy (non-hydrogen) atoms. The van der Waals surface area contributed by atoms with Crippen LogP contribution in [0, 0.1) is 5.92 Å². The van der Waals surface area contributed by atoms with Gasteiger partial charge in [-0.3, -0.25) is 4.98 Å². The Kier molecular flexibility index (Phi) is 4.26. The highest BCUT2D eigenvalue weighted by Crippen LogP contribution is 2.21. The second-order valence-electron chi connectivity index (χ2n) is 5.41. The molecule has 1 heterocycles. The average Bonchev–Trinajstić information content (AvgIpc) is 3.13. The van der Waals surface area contributed by atoms with Crippen LogP contribution in [0.3, 0.4) is 0 Å². The zero-order valence-electron chi connectivity index (χ0n) is 11.1. The van der Waals surface area contributed by atoms with E-state index in [2.05, 4.69) is 40.6 Å². The topological polar surface area (TPSA) is 24.9 Å². The molecule has 1 aliphatic carbocycles. The lowest BCUT2D eigenvalue weighted by molar-refractivity contribution is 0.471. The third-order valence-corrected chi connectivity index (χ3v) is 4.42. The Hall–Kier alpha value is -1.19. The van der Waals surface area contributed by atoms with Gasteiger partial charge in [-0.15, -0.1) is 11.3 Å². The first-order valence-corrected chi connectivity index (χ1v) is 7.93. The van der Waals surface area contributed by atoms with E-state index in [0.717, 1.165) is 25.4 Å². The number of rotatable bonds is 7. The van der Waals surface area contributed by atoms with Crippen LogP contribution in [0.1, 0.15) is 23.3 Å². The van der Waals surface area contributed by atoms with Crippen LogP contribution in [0.4, 0.5) is 0 Å². The summed E-state index contributed by atoms with van der Waals surface area (Å²) in [7, 11) is 0. The molecular weight excluding hydrogens is 252 g/mol. The quantitative estimate of drug-likeness (QED) is 0.836. The highest BCUT2D eigenvalue weighted by Gasteiger charge is 2.22. The molecule has 1 unspecified atom stereocenters. The van der Waals surface area contributed by atoms with Crippen LogP contribution >= 0.6 is 11.3 Å². The van der Waals surface area contributed by atoms with E-state index in [4.69, 9.17) is 0 Å². The molecule has 0 bridgehead atoms. The van der Waals surface area contributed by atoms with Gasteiger partial charge in [-0.05, 0) is 43.7 Å². The second-order valence-corrected chi connectivity index (χ2v) is 6.38. The number of nitrogens with zero attached hydrogens (tertiary/aromatic N) is 1. The number of benzene rings is 1. The van der Waals surface area contributed by atoms with Crippen molar-refractivity contribution in [1.82, 2.24) is 10.3 Å². The van der Waals surface area contributed by atoms with Crippen molar-refractivity contribution in [1.29, 1.82) is 0 Å². The summed E-state index contributed by atoms with van der Waals surface area (Å²) >= 11 is 1.77. The molecule has 0 aliphatic heterocycles. The van der Waals surface area contributed by atoms with Crippen molar-refractivity contribution in [2.75, 3.05) is 6.54 Å². The Balaban J connectivity index is 1.60. The number of thiazole rings is 1. The van der Waals surface area contributed by atoms with Crippen molar-refractivity contribution in [3.63, 3.8) is 0 Å². The van der Waals surface area contributed by atoms with Gasteiger partial charge in [0.25, 0.3) is 0 Å². The highest BCUT2D eigenvalue weighted by atomic mass is 32.1. The fourth-order valence-electron chi connectivity index (χ4n) is 2.41. The molecule has 1 saturated carbocycles. The summed E-state index contributed by atoms with van der Waals surface area (Å²) in [6.07, 6.45) is 7.02. The van der Waals surface area contributed by atoms with Gasteiger partial charge in [0, 0.05) is 17.1 Å². The van der Waals surface area contributed by atoms with E-state index >= 15 is 0 Å². The molecule has 1 aromatic carbocycles. The fourth-order valence-corrected chi connectivity index (χ4v) is 3.12. The smallest absolute Gasteiger partial charge is 0.0794 e. The summed E-state index contributed by atoms with van der Waals surface area (Å²) in [6.45, 7) is 1.12. The summed E-state index contributed by atoms with van der Waals surface area (Å²) in [5.41, 5.74) is 3.37. The van der Waals surface area contributed by atoms with E-state index in [9.17, 15) is 0 Å². The second kappa shape index (κ2) is 6.31. The first-order chi connectivity index (χ1) is 9.40. The van der Waals surface area contributed by atoms with E-state index in [-0.39, 0.29) is 0 Å². The molecule has 0 amide bonds. The van der Waals surface area contributed by atoms with E-state index in [1.807, 2.05) is 11.7 Å². The van der Waals surface area contributed by atoms with Gasteiger partial charge in [-0.1, -0.05) is 30.3 Å². The van der Waals surface area contributed by atoms with Crippen molar-refractivity contribution in [3.05, 3.63) is 52.5 Å². The third kappa shape index (κ3) is 4.15. The van der Waals surface area contributed by atoms with Gasteiger partial charge in [-0.2, -0.15) is 0 Å². The monoisotopic (exact) mass is 272 g/mol. The Morgan fingerprint density at radius 2 is 2.05 bits per heavy atom. The molecule has 1 fully saturated rings. The van der Waals surface area contributed by atoms with Crippen LogP contribution in [0.25, 0.3) is 0 Å². The lowest BCUT2D eigenvalue weighted by Gasteiger charge is -2.17. The van der Waals surface area contributed by atoms with Crippen molar-refractivity contribution in [2.45, 2.75) is 31.7 Å². The maximum absolute atomic E-state index is 4.19. The molecular formula is C16H20N2S. The molecule has 100 valence electrons. The van der Waals surface area contributed by atoms with Crippen molar-refractivity contribution >= 4 is 11.3 Å². The Morgan fingerprint density at radius 3 is 2.74 bits per heavy atom. The minimum atomic E-state index is 0.670. The van der Waals surface area contributed by atoms with Crippen LogP contribution in [0.5, 0.6) is 0 Å². The SMILES string of the molecule is c1ccc(CC(CNC2CC2)Cc2cncs2)cc1. The molecule has 3 heteroatoms. The maximum atomic E-state index is 4.19. The number of hydrogen-bond donors (Lipinski definition) is 1. The standard InChI is InChI=1S/C16H20N2S/c1-2-4-13(5-3-1)8-14(10-18-15-6-7-15)9-16-11-17-12-19-16/h1-5,11-12,14-15,18H,6-10H2. The lowest BCUT2D eigenvalue weighted by Crippen LogP contribution is -2.27. The van der Waals surface area contributed by atoms with E-state index in [1.54, 1.807) is 11.3 Å². The molecule has 1 atom stereocenters. The predicted octanol–water partition coefficient (Wildman–Crippen LogP) is 3.30. The molecule has 0 saturated heterocycles. The number of nitrogens with one attached hydrogen (secondary N) is 1. The summed E-state index contributed by atoms with van der Waals surface area (Å²) in [4.78, 5) is 5.59. The number of aromatic nitrogens is 1. The van der Waals surface area contributed by atoms with Crippen LogP contribution in [-0.2, 0) is 12.8 Å². The summed E-state index contributed by atoms with van der Waals surface area (Å²) in [5.74, 6) is 0.670. The van der Waals surface area contributed by atoms with Crippen LogP contribution in [0.15, 0.2) is 42.0 Å². The molecule has 1 aromatic heterocycles. The molecule has 1 N–H and O–H groups in total. The fraction of sp³-hybridized carbons (Fsp3) is 0.438. The van der Waals surface area contributed by atoms with Gasteiger partial charge < -0.3 is 5.32 Å².